The fourth-order valence-corrected chi connectivity index (χ4v) is 5.55. The van der Waals surface area contributed by atoms with Gasteiger partial charge < -0.3 is 4.90 Å². The number of nitrogens with zero attached hydrogens (tertiary/aromatic N) is 1. The fraction of sp³-hybridized carbons (Fsp3) is 0. The van der Waals surface area contributed by atoms with Gasteiger partial charge in [0.1, 0.15) is 0 Å². The molecule has 0 aromatic heterocycles. The van der Waals surface area contributed by atoms with Crippen LogP contribution in [0.4, 0.5) is 17.1 Å². The van der Waals surface area contributed by atoms with E-state index in [2.05, 4.69) is 0 Å². The molecule has 0 aliphatic rings. The third-order valence-corrected chi connectivity index (χ3v) is 7.91. The summed E-state index contributed by atoms with van der Waals surface area (Å²) in [6, 6.07) is 30.6. The molecule has 222 valence electrons. The second-order valence-corrected chi connectivity index (χ2v) is 10.8. The average Bonchev–Trinajstić information content (AvgIpc) is 3.25. The van der Waals surface area contributed by atoms with Gasteiger partial charge in [0, 0.05) is 17.1 Å². The van der Waals surface area contributed by atoms with E-state index in [-0.39, 0.29) is 16.7 Å². The number of anilines is 3. The Morgan fingerprint density at radius 3 is 1.45 bits per heavy atom. The van der Waals surface area contributed by atoms with Crippen LogP contribution < -0.4 is 4.90 Å². The molecule has 0 atom stereocenters. The van der Waals surface area contributed by atoms with Crippen LogP contribution in [0.3, 0.4) is 0 Å². The van der Waals surface area contributed by atoms with Crippen molar-refractivity contribution in [1.82, 2.24) is 0 Å². The Morgan fingerprint density at radius 2 is 0.830 bits per heavy atom. The van der Waals surface area contributed by atoms with Crippen molar-refractivity contribution in [3.05, 3.63) is 200 Å². The highest BCUT2D eigenvalue weighted by Gasteiger charge is 2.15. The van der Waals surface area contributed by atoms with Crippen molar-refractivity contribution in [2.45, 2.75) is 0 Å². The topological polar surface area (TPSA) is 3.24 Å². The zero-order chi connectivity index (χ0) is 41.9. The summed E-state index contributed by atoms with van der Waals surface area (Å²) < 4.78 is 112. The van der Waals surface area contributed by atoms with Gasteiger partial charge in [-0.05, 0) is 91.5 Å². The Bertz CT molecular complexity index is 2890. The van der Waals surface area contributed by atoms with E-state index in [1.54, 1.807) is 78.9 Å². The van der Waals surface area contributed by atoms with Gasteiger partial charge in [0.25, 0.3) is 0 Å². The summed E-state index contributed by atoms with van der Waals surface area (Å²) in [5.74, 6) is 0. The van der Waals surface area contributed by atoms with Gasteiger partial charge in [0.2, 0.25) is 0 Å². The Kier molecular flexibility index (Phi) is 4.88. The van der Waals surface area contributed by atoms with E-state index >= 15 is 0 Å². The molecular formula is C46H33N. The van der Waals surface area contributed by atoms with Gasteiger partial charge in [-0.15, -0.1) is 0 Å². The lowest BCUT2D eigenvalue weighted by Crippen LogP contribution is -2.10. The molecule has 8 aromatic carbocycles. The second-order valence-electron chi connectivity index (χ2n) is 10.8. The summed E-state index contributed by atoms with van der Waals surface area (Å²) in [4.78, 5) is 0.884. The Morgan fingerprint density at radius 1 is 0.340 bits per heavy atom. The zero-order valence-corrected chi connectivity index (χ0v) is 25.1. The van der Waals surface area contributed by atoms with Crippen LogP contribution in [0.2, 0.25) is 0 Å². The van der Waals surface area contributed by atoms with Gasteiger partial charge in [-0.3, -0.25) is 0 Å². The molecule has 47 heavy (non-hydrogen) atoms. The number of hydrogen-bond donors (Lipinski definition) is 0. The van der Waals surface area contributed by atoms with E-state index in [0.29, 0.717) is 22.1 Å². The summed E-state index contributed by atoms with van der Waals surface area (Å²) in [7, 11) is 0. The number of fused-ring (bicyclic) bond motifs is 1. The van der Waals surface area contributed by atoms with Gasteiger partial charge in [-0.1, -0.05) is 164 Å². The minimum absolute atomic E-state index is 0.0329. The molecule has 0 saturated carbocycles. The molecule has 8 rings (SSSR count). The molecule has 1 heteroatoms. The zero-order valence-electron chi connectivity index (χ0n) is 37.1. The third kappa shape index (κ3) is 5.83. The Balaban J connectivity index is 1.45. The first-order valence-electron chi connectivity index (χ1n) is 21.1. The molecule has 0 bridgehead atoms. The normalized spacial score (nSPS) is 14.6. The minimum atomic E-state index is -0.717. The highest BCUT2D eigenvalue weighted by molar-refractivity contribution is 5.97. The van der Waals surface area contributed by atoms with Gasteiger partial charge >= 0.3 is 0 Å². The summed E-state index contributed by atoms with van der Waals surface area (Å²) in [6.07, 6.45) is 0. The molecular weight excluding hydrogens is 567 g/mol. The van der Waals surface area contributed by atoms with Crippen LogP contribution in [0.1, 0.15) is 16.4 Å². The lowest BCUT2D eigenvalue weighted by atomic mass is 9.97. The van der Waals surface area contributed by atoms with Crippen LogP contribution in [-0.2, 0) is 0 Å². The molecule has 0 radical (unpaired) electrons. The lowest BCUT2D eigenvalue weighted by molar-refractivity contribution is 1.28. The van der Waals surface area contributed by atoms with Gasteiger partial charge in [0.05, 0.1) is 16.4 Å². The highest BCUT2D eigenvalue weighted by atomic mass is 15.1. The van der Waals surface area contributed by atoms with Crippen molar-refractivity contribution in [1.29, 1.82) is 0 Å². The second kappa shape index (κ2) is 12.7. The largest absolute Gasteiger partial charge is 0.310 e. The van der Waals surface area contributed by atoms with E-state index in [1.807, 2.05) is 48.5 Å². The van der Waals surface area contributed by atoms with Crippen molar-refractivity contribution in [2.24, 2.45) is 0 Å². The molecule has 0 aliphatic carbocycles. The fourth-order valence-electron chi connectivity index (χ4n) is 5.55. The van der Waals surface area contributed by atoms with Crippen LogP contribution in [0, 0.1) is 0 Å². The number of rotatable bonds is 7. The van der Waals surface area contributed by atoms with Crippen LogP contribution in [-0.4, -0.2) is 0 Å². The SMILES string of the molecule is [2H]c1c([2H])c(-c2cccc3ccccc23)c([2H])c(N(c2c([2H])c([2H])c(-c3ccccc3)c([2H])c2[2H])c2c([2H])c([2H])c(-c3ccc(-c4ccccc4)cc3)c([2H])c2[2H])c1[2H]. The van der Waals surface area contributed by atoms with Gasteiger partial charge in [-0.2, -0.15) is 0 Å². The first-order chi connectivity index (χ1) is 28.3. The molecule has 0 spiro atoms. The van der Waals surface area contributed by atoms with Gasteiger partial charge in [-0.25, -0.2) is 0 Å². The summed E-state index contributed by atoms with van der Waals surface area (Å²) in [6.45, 7) is 0. The molecule has 0 heterocycles. The maximum atomic E-state index is 9.71. The lowest BCUT2D eigenvalue weighted by Gasteiger charge is -2.26. The predicted octanol–water partition coefficient (Wildman–Crippen LogP) is 13.0. The Labute approximate surface area is 293 Å². The first-order valence-corrected chi connectivity index (χ1v) is 15.1. The van der Waals surface area contributed by atoms with Crippen molar-refractivity contribution in [3.8, 4) is 44.5 Å². The van der Waals surface area contributed by atoms with Crippen molar-refractivity contribution in [3.63, 3.8) is 0 Å². The maximum Gasteiger partial charge on any atom is 0.0651 e. The third-order valence-electron chi connectivity index (χ3n) is 7.91. The molecule has 1 nitrogen and oxygen atoms in total. The van der Waals surface area contributed by atoms with Gasteiger partial charge in [0.15, 0.2) is 0 Å². The first kappa shape index (κ1) is 18.1. The Hall–Kier alpha value is -6.18. The summed E-state index contributed by atoms with van der Waals surface area (Å²) >= 11 is 0. The minimum Gasteiger partial charge on any atom is -0.310 e. The molecule has 8 aromatic rings. The molecule has 0 aliphatic heterocycles. The van der Waals surface area contributed by atoms with Crippen LogP contribution in [0.15, 0.2) is 200 Å². The number of benzene rings is 8. The summed E-state index contributed by atoms with van der Waals surface area (Å²) in [5.41, 5.74) is 1.18. The average molecular weight is 612 g/mol. The van der Waals surface area contributed by atoms with E-state index < -0.39 is 89.6 Å². The monoisotopic (exact) mass is 611 g/mol. The molecule has 0 N–H and O–H groups in total. The molecule has 0 amide bonds. The quantitative estimate of drug-likeness (QED) is 0.173. The van der Waals surface area contributed by atoms with E-state index in [9.17, 15) is 11.0 Å². The smallest absolute Gasteiger partial charge is 0.0651 e. The molecule has 0 fully saturated rings. The standard InChI is InChI=1S/C46H33N/c1-3-11-34(12-4-1)36-21-23-37(24-22-36)39-27-31-43(32-28-39)47(42-29-25-38(26-30-42)35-13-5-2-6-14-35)44-18-9-17-41(33-44)46-20-10-16-40-15-7-8-19-45(40)46/h1-33H/i9D,17D,18D,25D,26D,27D,28D,29D,30D,31D,32D,33D. The van der Waals surface area contributed by atoms with E-state index in [0.717, 1.165) is 21.4 Å². The van der Waals surface area contributed by atoms with Crippen molar-refractivity contribution >= 4 is 27.8 Å². The van der Waals surface area contributed by atoms with Crippen LogP contribution >= 0.6 is 0 Å². The molecule has 0 saturated heterocycles. The van der Waals surface area contributed by atoms with E-state index in [4.69, 9.17) is 5.48 Å². The van der Waals surface area contributed by atoms with Crippen molar-refractivity contribution in [2.75, 3.05) is 4.90 Å². The number of hydrogen-bond acceptors (Lipinski definition) is 1. The van der Waals surface area contributed by atoms with Crippen LogP contribution in [0.25, 0.3) is 55.3 Å². The maximum absolute atomic E-state index is 9.71. The molecule has 0 unspecified atom stereocenters. The summed E-state index contributed by atoms with van der Waals surface area (Å²) in [5, 5.41) is 1.40. The van der Waals surface area contributed by atoms with Crippen LogP contribution in [0.5, 0.6) is 0 Å². The van der Waals surface area contributed by atoms with Crippen molar-refractivity contribution < 1.29 is 16.4 Å². The highest BCUT2D eigenvalue weighted by Crippen LogP contribution is 2.39. The predicted molar refractivity (Wildman–Crippen MR) is 200 cm³/mol. The van der Waals surface area contributed by atoms with E-state index in [1.165, 1.54) is 0 Å².